The van der Waals surface area contributed by atoms with Crippen molar-refractivity contribution in [2.75, 3.05) is 45.8 Å². The van der Waals surface area contributed by atoms with Crippen LogP contribution in [0.15, 0.2) is 34.2 Å². The van der Waals surface area contributed by atoms with E-state index < -0.39 is 38.6 Å². The van der Waals surface area contributed by atoms with E-state index in [-0.39, 0.29) is 25.3 Å². The molecule has 1 aromatic rings. The maximum absolute atomic E-state index is 13.2. The molecule has 192 valence electrons. The Labute approximate surface area is 197 Å². The zero-order valence-corrected chi connectivity index (χ0v) is 19.6. The molecule has 1 saturated heterocycles. The summed E-state index contributed by atoms with van der Waals surface area (Å²) in [4.78, 5) is 20.2. The van der Waals surface area contributed by atoms with Crippen molar-refractivity contribution in [3.63, 3.8) is 0 Å². The molecule has 1 aliphatic heterocycles. The molecule has 1 atom stereocenters. The predicted molar refractivity (Wildman–Crippen MR) is 122 cm³/mol. The van der Waals surface area contributed by atoms with E-state index in [9.17, 15) is 26.4 Å². The predicted octanol–water partition coefficient (Wildman–Crippen LogP) is -0.101. The number of nitrogens with two attached hydrogens (primary N) is 3. The molecule has 0 unspecified atom stereocenters. The van der Waals surface area contributed by atoms with Crippen molar-refractivity contribution in [2.24, 2.45) is 22.2 Å². The molecular formula is C20H32F3N7O3S. The van der Waals surface area contributed by atoms with Gasteiger partial charge in [-0.3, -0.25) is 14.7 Å². The zero-order valence-electron chi connectivity index (χ0n) is 18.8. The van der Waals surface area contributed by atoms with Crippen LogP contribution in [0.1, 0.15) is 24.8 Å². The number of amides is 1. The number of piperazine rings is 1. The molecule has 2 rings (SSSR count). The number of hydrogen-bond acceptors (Lipinski definition) is 6. The number of aliphatic imine (C=N–C) groups is 1. The van der Waals surface area contributed by atoms with Crippen LogP contribution in [0.3, 0.4) is 0 Å². The van der Waals surface area contributed by atoms with Gasteiger partial charge in [-0.15, -0.1) is 0 Å². The number of nitrogens with zero attached hydrogens (tertiary/aromatic N) is 3. The first kappa shape index (κ1) is 27.8. The van der Waals surface area contributed by atoms with Gasteiger partial charge in [-0.05, 0) is 50.6 Å². The highest BCUT2D eigenvalue weighted by molar-refractivity contribution is 7.89. The minimum atomic E-state index is -4.70. The van der Waals surface area contributed by atoms with Crippen LogP contribution >= 0.6 is 0 Å². The van der Waals surface area contributed by atoms with Gasteiger partial charge >= 0.3 is 6.18 Å². The van der Waals surface area contributed by atoms with Gasteiger partial charge in [-0.25, -0.2) is 8.42 Å². The Bertz CT molecular complexity index is 945. The smallest absolute Gasteiger partial charge is 0.370 e. The second-order valence-electron chi connectivity index (χ2n) is 7.96. The minimum absolute atomic E-state index is 0.0706. The fraction of sp³-hybridized carbons (Fsp3) is 0.600. The Kier molecular flexibility index (Phi) is 10.1. The van der Waals surface area contributed by atoms with Gasteiger partial charge in [-0.2, -0.15) is 17.9 Å². The molecule has 1 heterocycles. The third-order valence-electron chi connectivity index (χ3n) is 5.37. The van der Waals surface area contributed by atoms with Gasteiger partial charge < -0.3 is 22.1 Å². The van der Waals surface area contributed by atoms with Crippen LogP contribution in [-0.2, 0) is 21.0 Å². The molecule has 1 amide bonds. The monoisotopic (exact) mass is 507 g/mol. The third-order valence-corrected chi connectivity index (χ3v) is 6.84. The van der Waals surface area contributed by atoms with E-state index in [0.29, 0.717) is 38.8 Å². The van der Waals surface area contributed by atoms with Crippen molar-refractivity contribution in [3.8, 4) is 0 Å². The van der Waals surface area contributed by atoms with Gasteiger partial charge in [0.15, 0.2) is 5.96 Å². The van der Waals surface area contributed by atoms with E-state index in [1.54, 1.807) is 4.90 Å². The number of alkyl halides is 3. The summed E-state index contributed by atoms with van der Waals surface area (Å²) in [5.41, 5.74) is 15.0. The molecule has 7 N–H and O–H groups in total. The average Bonchev–Trinajstić information content (AvgIpc) is 2.79. The summed E-state index contributed by atoms with van der Waals surface area (Å²) >= 11 is 0. The molecular weight excluding hydrogens is 475 g/mol. The van der Waals surface area contributed by atoms with Crippen molar-refractivity contribution in [1.29, 1.82) is 0 Å². The lowest BCUT2D eigenvalue weighted by Crippen LogP contribution is -2.55. The highest BCUT2D eigenvalue weighted by Gasteiger charge is 2.34. The molecule has 0 radical (unpaired) electrons. The van der Waals surface area contributed by atoms with Gasteiger partial charge in [0.05, 0.1) is 10.5 Å². The number of halogens is 3. The van der Waals surface area contributed by atoms with Crippen LogP contribution in [-0.4, -0.2) is 81.9 Å². The second-order valence-corrected chi connectivity index (χ2v) is 9.67. The van der Waals surface area contributed by atoms with E-state index in [0.717, 1.165) is 31.2 Å². The molecule has 1 aliphatic rings. The van der Waals surface area contributed by atoms with E-state index in [1.165, 1.54) is 0 Å². The Hall–Kier alpha value is -2.42. The van der Waals surface area contributed by atoms with Crippen LogP contribution in [0.2, 0.25) is 0 Å². The van der Waals surface area contributed by atoms with Gasteiger partial charge in [0.25, 0.3) is 0 Å². The van der Waals surface area contributed by atoms with Crippen LogP contribution < -0.4 is 21.9 Å². The summed E-state index contributed by atoms with van der Waals surface area (Å²) in [6, 6.07) is 2.20. The van der Waals surface area contributed by atoms with Crippen LogP contribution in [0, 0.1) is 0 Å². The lowest BCUT2D eigenvalue weighted by molar-refractivity contribution is -0.138. The second kappa shape index (κ2) is 12.3. The summed E-state index contributed by atoms with van der Waals surface area (Å²) in [6.07, 6.45) is -3.51. The van der Waals surface area contributed by atoms with Crippen LogP contribution in [0.5, 0.6) is 0 Å². The lowest BCUT2D eigenvalue weighted by Gasteiger charge is -2.36. The highest BCUT2D eigenvalue weighted by Crippen LogP contribution is 2.30. The van der Waals surface area contributed by atoms with Gasteiger partial charge in [0.2, 0.25) is 15.9 Å². The molecule has 1 aromatic carbocycles. The number of hydrogen-bond donors (Lipinski definition) is 4. The summed E-state index contributed by atoms with van der Waals surface area (Å²) in [7, 11) is -4.41. The molecule has 14 heteroatoms. The Morgan fingerprint density at radius 3 is 2.41 bits per heavy atom. The first-order valence-electron chi connectivity index (χ1n) is 10.9. The summed E-state index contributed by atoms with van der Waals surface area (Å²) in [5, 5.41) is 0. The van der Waals surface area contributed by atoms with Gasteiger partial charge in [0, 0.05) is 32.7 Å². The van der Waals surface area contributed by atoms with Gasteiger partial charge in [0.1, 0.15) is 6.04 Å². The maximum atomic E-state index is 13.2. The molecule has 0 saturated carbocycles. The number of carbonyl (C=O) groups excluding carboxylic acids is 1. The summed E-state index contributed by atoms with van der Waals surface area (Å²) in [6.45, 7) is 3.58. The molecule has 0 aromatic heterocycles. The average molecular weight is 508 g/mol. The van der Waals surface area contributed by atoms with E-state index >= 15 is 0 Å². The Morgan fingerprint density at radius 2 is 1.82 bits per heavy atom. The number of benzene rings is 1. The molecule has 0 aliphatic carbocycles. The Balaban J connectivity index is 2.16. The molecule has 0 spiro atoms. The Morgan fingerprint density at radius 1 is 1.15 bits per heavy atom. The van der Waals surface area contributed by atoms with Gasteiger partial charge in [-0.1, -0.05) is 6.07 Å². The number of rotatable bonds is 11. The number of guanidine groups is 1. The highest BCUT2D eigenvalue weighted by atomic mass is 32.2. The molecule has 0 bridgehead atoms. The fourth-order valence-corrected chi connectivity index (χ4v) is 4.83. The number of nitrogens with one attached hydrogen (secondary N) is 1. The summed E-state index contributed by atoms with van der Waals surface area (Å²) < 4.78 is 67.2. The van der Waals surface area contributed by atoms with E-state index in [2.05, 4.69) is 14.6 Å². The third kappa shape index (κ3) is 8.42. The first-order valence-corrected chi connectivity index (χ1v) is 12.4. The first-order chi connectivity index (χ1) is 15.9. The number of carbonyl (C=O) groups is 1. The van der Waals surface area contributed by atoms with Crippen molar-refractivity contribution < 1.29 is 26.4 Å². The lowest BCUT2D eigenvalue weighted by atomic mass is 10.1. The van der Waals surface area contributed by atoms with Crippen molar-refractivity contribution in [3.05, 3.63) is 29.8 Å². The quantitative estimate of drug-likeness (QED) is 0.185. The molecule has 34 heavy (non-hydrogen) atoms. The SMILES string of the molecule is NCCCN1CCN(C(=O)[C@H](CCCN=C(N)N)NS(=O)(=O)c2cccc(C(F)(F)F)c2)CC1. The van der Waals surface area contributed by atoms with Crippen LogP contribution in [0.4, 0.5) is 13.2 Å². The van der Waals surface area contributed by atoms with Crippen LogP contribution in [0.25, 0.3) is 0 Å². The summed E-state index contributed by atoms with van der Waals surface area (Å²) in [5.74, 6) is -0.584. The standard InChI is InChI=1S/C20H32F3N7O3S/c21-20(22,23)15-4-1-5-16(14-15)34(32,33)28-17(6-2-8-27-19(25)26)18(31)30-12-10-29(11-13-30)9-3-7-24/h1,4-5,14,17,28H,2-3,6-13,24H2,(H4,25,26,27)/t17-/m0/s1. The number of sulfonamides is 1. The maximum Gasteiger partial charge on any atom is 0.416 e. The largest absolute Gasteiger partial charge is 0.416 e. The fourth-order valence-electron chi connectivity index (χ4n) is 3.56. The normalized spacial score (nSPS) is 16.3. The molecule has 1 fully saturated rings. The topological polar surface area (TPSA) is 160 Å². The van der Waals surface area contributed by atoms with Crippen molar-refractivity contribution in [1.82, 2.24) is 14.5 Å². The van der Waals surface area contributed by atoms with E-state index in [4.69, 9.17) is 17.2 Å². The zero-order chi connectivity index (χ0) is 25.4. The van der Waals surface area contributed by atoms with Crippen molar-refractivity contribution in [2.45, 2.75) is 36.4 Å². The van der Waals surface area contributed by atoms with Crippen molar-refractivity contribution >= 4 is 21.9 Å². The van der Waals surface area contributed by atoms with E-state index in [1.807, 2.05) is 0 Å². The minimum Gasteiger partial charge on any atom is -0.370 e. The molecule has 10 nitrogen and oxygen atoms in total.